The van der Waals surface area contributed by atoms with Gasteiger partial charge in [-0.05, 0) is 36.8 Å². The maximum Gasteiger partial charge on any atom is 0.184 e. The number of nitrogens with zero attached hydrogens (tertiary/aromatic N) is 3. The van der Waals surface area contributed by atoms with Crippen LogP contribution < -0.4 is 16.1 Å². The molecular formula is C21H25F2N5S. The van der Waals surface area contributed by atoms with Crippen molar-refractivity contribution in [1.82, 2.24) is 10.3 Å². The lowest BCUT2D eigenvalue weighted by Gasteiger charge is -2.42. The SMILES string of the molecule is CCN1CCN(c2cc(F)c(C=NNC(N)=S)cc2F)C[C@@H]1Cc1ccccc1. The van der Waals surface area contributed by atoms with E-state index >= 15 is 0 Å². The van der Waals surface area contributed by atoms with E-state index < -0.39 is 11.6 Å². The third kappa shape index (κ3) is 5.48. The minimum atomic E-state index is -0.549. The largest absolute Gasteiger partial charge is 0.375 e. The highest BCUT2D eigenvalue weighted by atomic mass is 32.1. The number of hydrogen-bond donors (Lipinski definition) is 2. The fourth-order valence-electron chi connectivity index (χ4n) is 3.67. The van der Waals surface area contributed by atoms with Gasteiger partial charge in [0.25, 0.3) is 0 Å². The third-order valence-electron chi connectivity index (χ3n) is 5.11. The number of hydrogen-bond acceptors (Lipinski definition) is 4. The zero-order valence-corrected chi connectivity index (χ0v) is 17.1. The van der Waals surface area contributed by atoms with Crippen molar-refractivity contribution in [2.45, 2.75) is 19.4 Å². The van der Waals surface area contributed by atoms with Crippen LogP contribution in [0.4, 0.5) is 14.5 Å². The number of nitrogens with two attached hydrogens (primary N) is 1. The Bertz CT molecular complexity index is 875. The average Bonchev–Trinajstić information content (AvgIpc) is 2.71. The summed E-state index contributed by atoms with van der Waals surface area (Å²) in [5, 5.41) is 3.65. The zero-order valence-electron chi connectivity index (χ0n) is 16.3. The molecule has 3 N–H and O–H groups in total. The minimum absolute atomic E-state index is 0.0306. The second-order valence-electron chi connectivity index (χ2n) is 6.98. The van der Waals surface area contributed by atoms with Crippen molar-refractivity contribution in [3.8, 4) is 0 Å². The normalized spacial score (nSPS) is 17.6. The van der Waals surface area contributed by atoms with Crippen molar-refractivity contribution in [2.75, 3.05) is 31.1 Å². The Labute approximate surface area is 175 Å². The molecule has 0 radical (unpaired) electrons. The number of hydrazone groups is 1. The summed E-state index contributed by atoms with van der Waals surface area (Å²) >= 11 is 4.63. The first-order valence-corrected chi connectivity index (χ1v) is 9.99. The van der Waals surface area contributed by atoms with E-state index in [-0.39, 0.29) is 22.4 Å². The quantitative estimate of drug-likeness (QED) is 0.430. The molecule has 8 heteroatoms. The summed E-state index contributed by atoms with van der Waals surface area (Å²) in [6, 6.07) is 12.8. The summed E-state index contributed by atoms with van der Waals surface area (Å²) in [5.74, 6) is -1.03. The number of piperazine rings is 1. The molecule has 0 amide bonds. The van der Waals surface area contributed by atoms with E-state index in [1.165, 1.54) is 11.6 Å². The van der Waals surface area contributed by atoms with E-state index in [0.29, 0.717) is 13.1 Å². The molecule has 1 fully saturated rings. The Morgan fingerprint density at radius 3 is 2.69 bits per heavy atom. The van der Waals surface area contributed by atoms with Gasteiger partial charge in [0.05, 0.1) is 11.9 Å². The Morgan fingerprint density at radius 2 is 2.00 bits per heavy atom. The molecule has 0 unspecified atom stereocenters. The standard InChI is InChI=1S/C21H25F2N5S/c1-2-27-8-9-28(14-17(27)10-15-6-4-3-5-7-15)20-12-18(22)16(11-19(20)23)13-25-26-21(24)29/h3-7,11-13,17H,2,8-10,14H2,1H3,(H3,24,26,29)/t17-/m0/s1. The summed E-state index contributed by atoms with van der Waals surface area (Å²) in [7, 11) is 0. The first-order chi connectivity index (χ1) is 14.0. The van der Waals surface area contributed by atoms with Gasteiger partial charge in [-0.3, -0.25) is 10.3 Å². The molecule has 1 heterocycles. The number of halogens is 2. The van der Waals surface area contributed by atoms with E-state index in [9.17, 15) is 8.78 Å². The Kier molecular flexibility index (Phi) is 7.11. The molecule has 29 heavy (non-hydrogen) atoms. The highest BCUT2D eigenvalue weighted by Crippen LogP contribution is 2.26. The Hall–Kier alpha value is -2.58. The van der Waals surface area contributed by atoms with E-state index in [0.717, 1.165) is 31.8 Å². The predicted octanol–water partition coefficient (Wildman–Crippen LogP) is 2.89. The molecule has 0 spiro atoms. The molecule has 5 nitrogen and oxygen atoms in total. The second kappa shape index (κ2) is 9.76. The molecule has 1 aliphatic rings. The number of thiocarbonyl (C=S) groups is 1. The fourth-order valence-corrected chi connectivity index (χ4v) is 3.72. The van der Waals surface area contributed by atoms with Gasteiger partial charge >= 0.3 is 0 Å². The lowest BCUT2D eigenvalue weighted by Crippen LogP contribution is -2.54. The van der Waals surface area contributed by atoms with Gasteiger partial charge in [0, 0.05) is 37.3 Å². The number of rotatable bonds is 6. The van der Waals surface area contributed by atoms with Crippen LogP contribution in [0.1, 0.15) is 18.1 Å². The molecule has 2 aromatic rings. The number of anilines is 1. The predicted molar refractivity (Wildman–Crippen MR) is 117 cm³/mol. The van der Waals surface area contributed by atoms with E-state index in [1.54, 1.807) is 0 Å². The maximum atomic E-state index is 14.8. The van der Waals surface area contributed by atoms with Crippen molar-refractivity contribution in [3.05, 3.63) is 65.2 Å². The van der Waals surface area contributed by atoms with Crippen molar-refractivity contribution >= 4 is 29.2 Å². The lowest BCUT2D eigenvalue weighted by molar-refractivity contribution is 0.184. The van der Waals surface area contributed by atoms with Crippen LogP contribution in [0.2, 0.25) is 0 Å². The molecule has 1 saturated heterocycles. The van der Waals surface area contributed by atoms with Crippen LogP contribution in [-0.2, 0) is 6.42 Å². The van der Waals surface area contributed by atoms with Crippen LogP contribution in [0.3, 0.4) is 0 Å². The molecular weight excluding hydrogens is 392 g/mol. The molecule has 0 saturated carbocycles. The van der Waals surface area contributed by atoms with E-state index in [4.69, 9.17) is 5.73 Å². The van der Waals surface area contributed by atoms with Crippen molar-refractivity contribution in [3.63, 3.8) is 0 Å². The van der Waals surface area contributed by atoms with Crippen LogP contribution in [0.5, 0.6) is 0 Å². The highest BCUT2D eigenvalue weighted by Gasteiger charge is 2.28. The summed E-state index contributed by atoms with van der Waals surface area (Å²) < 4.78 is 29.3. The smallest absolute Gasteiger partial charge is 0.184 e. The minimum Gasteiger partial charge on any atom is -0.375 e. The van der Waals surface area contributed by atoms with Gasteiger partial charge in [-0.25, -0.2) is 8.78 Å². The summed E-state index contributed by atoms with van der Waals surface area (Å²) in [5.41, 5.74) is 9.14. The molecule has 0 bridgehead atoms. The van der Waals surface area contributed by atoms with Gasteiger partial charge in [-0.2, -0.15) is 5.10 Å². The van der Waals surface area contributed by atoms with Gasteiger partial charge in [-0.1, -0.05) is 37.3 Å². The summed E-state index contributed by atoms with van der Waals surface area (Å²) in [6.45, 7) is 5.13. The van der Waals surface area contributed by atoms with Crippen LogP contribution in [0.25, 0.3) is 0 Å². The van der Waals surface area contributed by atoms with Gasteiger partial charge in [-0.15, -0.1) is 0 Å². The number of benzene rings is 2. The Morgan fingerprint density at radius 1 is 1.24 bits per heavy atom. The highest BCUT2D eigenvalue weighted by molar-refractivity contribution is 7.80. The van der Waals surface area contributed by atoms with Crippen molar-refractivity contribution in [2.24, 2.45) is 10.8 Å². The van der Waals surface area contributed by atoms with E-state index in [2.05, 4.69) is 46.7 Å². The Balaban J connectivity index is 1.78. The molecule has 1 atom stereocenters. The maximum absolute atomic E-state index is 14.8. The topological polar surface area (TPSA) is 56.9 Å². The monoisotopic (exact) mass is 417 g/mol. The van der Waals surface area contributed by atoms with Crippen molar-refractivity contribution in [1.29, 1.82) is 0 Å². The zero-order chi connectivity index (χ0) is 20.8. The molecule has 1 aliphatic heterocycles. The molecule has 154 valence electrons. The molecule has 0 aliphatic carbocycles. The molecule has 0 aromatic heterocycles. The lowest BCUT2D eigenvalue weighted by atomic mass is 10.0. The van der Waals surface area contributed by atoms with Gasteiger partial charge in [0.15, 0.2) is 5.11 Å². The fraction of sp³-hybridized carbons (Fsp3) is 0.333. The molecule has 2 aromatic carbocycles. The van der Waals surface area contributed by atoms with Crippen LogP contribution in [-0.4, -0.2) is 48.4 Å². The van der Waals surface area contributed by atoms with Gasteiger partial charge < -0.3 is 10.6 Å². The second-order valence-corrected chi connectivity index (χ2v) is 7.42. The van der Waals surface area contributed by atoms with E-state index in [1.807, 2.05) is 23.1 Å². The molecule has 3 rings (SSSR count). The van der Waals surface area contributed by atoms with Gasteiger partial charge in [0.2, 0.25) is 0 Å². The summed E-state index contributed by atoms with van der Waals surface area (Å²) in [4.78, 5) is 4.31. The first-order valence-electron chi connectivity index (χ1n) is 9.58. The van der Waals surface area contributed by atoms with Gasteiger partial charge in [0.1, 0.15) is 11.6 Å². The number of likely N-dealkylation sites (N-methyl/N-ethyl adjacent to an activating group) is 1. The van der Waals surface area contributed by atoms with Crippen LogP contribution in [0, 0.1) is 11.6 Å². The van der Waals surface area contributed by atoms with Crippen LogP contribution in [0.15, 0.2) is 47.6 Å². The third-order valence-corrected chi connectivity index (χ3v) is 5.20. The first kappa shape index (κ1) is 21.1. The number of nitrogens with one attached hydrogen (secondary N) is 1. The summed E-state index contributed by atoms with van der Waals surface area (Å²) in [6.07, 6.45) is 2.03. The average molecular weight is 418 g/mol. The van der Waals surface area contributed by atoms with Crippen molar-refractivity contribution < 1.29 is 8.78 Å². The van der Waals surface area contributed by atoms with Crippen LogP contribution >= 0.6 is 12.2 Å².